The van der Waals surface area contributed by atoms with Gasteiger partial charge in [-0.25, -0.2) is 0 Å². The zero-order valence-electron chi connectivity index (χ0n) is 37.3. The zero-order chi connectivity index (χ0) is 43.4. The molecule has 0 spiro atoms. The van der Waals surface area contributed by atoms with Crippen LogP contribution in [0.25, 0.3) is 22.3 Å². The molecule has 4 heterocycles. The van der Waals surface area contributed by atoms with Crippen molar-refractivity contribution in [3.05, 3.63) is 163 Å². The predicted molar refractivity (Wildman–Crippen MR) is 259 cm³/mol. The molecule has 7 heteroatoms. The first-order valence-electron chi connectivity index (χ1n) is 22.4. The van der Waals surface area contributed by atoms with Crippen LogP contribution in [-0.4, -0.2) is 31.5 Å². The van der Waals surface area contributed by atoms with E-state index in [4.69, 9.17) is 18.9 Å². The molecular weight excluding hydrogens is 775 g/mol. The van der Waals surface area contributed by atoms with E-state index in [-0.39, 0.29) is 42.3 Å². The Hall–Kier alpha value is -6.28. The van der Waals surface area contributed by atoms with Gasteiger partial charge in [0.2, 0.25) is 12.6 Å². The monoisotopic (exact) mass is 828 g/mol. The first-order chi connectivity index (χ1) is 30.3. The van der Waals surface area contributed by atoms with E-state index in [0.717, 1.165) is 45.1 Å². The Morgan fingerprint density at radius 1 is 0.444 bits per heavy atom. The molecule has 0 aromatic heterocycles. The van der Waals surface area contributed by atoms with Gasteiger partial charge in [-0.3, -0.25) is 0 Å². The normalized spacial score (nSPS) is 19.5. The molecule has 0 N–H and O–H groups in total. The number of hydrogen-bond donors (Lipinski definition) is 0. The summed E-state index contributed by atoms with van der Waals surface area (Å²) in [6.07, 6.45) is 0.00836. The van der Waals surface area contributed by atoms with Crippen molar-refractivity contribution in [3.63, 3.8) is 0 Å². The van der Waals surface area contributed by atoms with Crippen molar-refractivity contribution in [3.8, 4) is 33.8 Å². The van der Waals surface area contributed by atoms with Gasteiger partial charge in [-0.05, 0) is 147 Å². The molecule has 0 radical (unpaired) electrons. The van der Waals surface area contributed by atoms with Gasteiger partial charge in [-0.1, -0.05) is 120 Å². The minimum absolute atomic E-state index is 0.0259. The average Bonchev–Trinajstić information content (AvgIpc) is 4.19. The standard InChI is InChI=1S/C56H53BN2O4/c1-34-53(60-34)62-44-26-16-38(17-27-44)36-12-22-42(23-13-36)58-48-30-20-40(55(3,4)5)32-46(48)57-47-33-41(56(6,7)8)21-31-49(47)59(51-11-9-10-50(58)52(51)57)43-24-14-37(15-25-43)39-18-28-45(29-19-39)63-54-35(2)61-54/h9-35,53-54H,1-8H3. The Morgan fingerprint density at radius 2 is 0.794 bits per heavy atom. The third kappa shape index (κ3) is 7.17. The SMILES string of the molecule is CC1OC1Oc1ccc(-c2ccc(N3c4ccc(C(C)(C)C)cc4B4c5cc(C(C)(C)C)ccc5N(c5ccc(-c6ccc(OC7OC7C)cc6)cc5)c5cccc3c54)cc2)cc1. The second-order valence-electron chi connectivity index (χ2n) is 19.7. The fourth-order valence-corrected chi connectivity index (χ4v) is 9.34. The summed E-state index contributed by atoms with van der Waals surface area (Å²) in [6, 6.07) is 55.9. The van der Waals surface area contributed by atoms with Crippen LogP contribution >= 0.6 is 0 Å². The van der Waals surface area contributed by atoms with E-state index >= 15 is 0 Å². The van der Waals surface area contributed by atoms with Crippen LogP contribution in [0.4, 0.5) is 34.1 Å². The van der Waals surface area contributed by atoms with Crippen LogP contribution in [0.1, 0.15) is 66.5 Å². The first-order valence-corrected chi connectivity index (χ1v) is 22.4. The Kier molecular flexibility index (Phi) is 9.20. The molecule has 0 bridgehead atoms. The minimum Gasteiger partial charge on any atom is -0.462 e. The topological polar surface area (TPSA) is 50.0 Å². The number of anilines is 6. The van der Waals surface area contributed by atoms with E-state index in [1.54, 1.807) is 0 Å². The fraction of sp³-hybridized carbons (Fsp3) is 0.250. The highest BCUT2D eigenvalue weighted by Gasteiger charge is 2.44. The highest BCUT2D eigenvalue weighted by atomic mass is 16.8. The van der Waals surface area contributed by atoms with Crippen LogP contribution in [0.3, 0.4) is 0 Å². The smallest absolute Gasteiger partial charge is 0.252 e. The molecule has 7 aromatic carbocycles. The van der Waals surface area contributed by atoms with Crippen molar-refractivity contribution < 1.29 is 18.9 Å². The molecule has 0 aliphatic carbocycles. The molecule has 11 rings (SSSR count). The number of fused-ring (bicyclic) bond motifs is 4. The van der Waals surface area contributed by atoms with Gasteiger partial charge in [0.05, 0.1) is 0 Å². The molecular formula is C56H53BN2O4. The number of ether oxygens (including phenoxy) is 4. The lowest BCUT2D eigenvalue weighted by atomic mass is 9.33. The van der Waals surface area contributed by atoms with Crippen molar-refractivity contribution in [2.45, 2.75) is 91.0 Å². The minimum atomic E-state index is -0.145. The molecule has 7 aromatic rings. The van der Waals surface area contributed by atoms with Crippen LogP contribution in [0.15, 0.2) is 152 Å². The van der Waals surface area contributed by atoms with E-state index < -0.39 is 0 Å². The van der Waals surface area contributed by atoms with Gasteiger partial charge in [0.1, 0.15) is 23.7 Å². The fourth-order valence-electron chi connectivity index (χ4n) is 9.34. The summed E-state index contributed by atoms with van der Waals surface area (Å²) in [5, 5.41) is 0. The molecule has 314 valence electrons. The van der Waals surface area contributed by atoms with E-state index in [1.807, 2.05) is 38.1 Å². The number of benzene rings is 7. The molecule has 4 unspecified atom stereocenters. The maximum atomic E-state index is 5.94. The van der Waals surface area contributed by atoms with Gasteiger partial charge in [-0.15, -0.1) is 0 Å². The van der Waals surface area contributed by atoms with Crippen LogP contribution in [0, 0.1) is 0 Å². The van der Waals surface area contributed by atoms with Crippen molar-refractivity contribution in [1.82, 2.24) is 0 Å². The number of nitrogens with zero attached hydrogens (tertiary/aromatic N) is 2. The number of hydrogen-bond acceptors (Lipinski definition) is 6. The Bertz CT molecular complexity index is 2670. The number of epoxide rings is 2. The summed E-state index contributed by atoms with van der Waals surface area (Å²) < 4.78 is 22.8. The second-order valence-corrected chi connectivity index (χ2v) is 19.7. The summed E-state index contributed by atoms with van der Waals surface area (Å²) in [4.78, 5) is 4.97. The van der Waals surface area contributed by atoms with Gasteiger partial charge in [0.15, 0.2) is 0 Å². The Morgan fingerprint density at radius 3 is 1.13 bits per heavy atom. The van der Waals surface area contributed by atoms with Crippen molar-refractivity contribution >= 4 is 57.2 Å². The lowest BCUT2D eigenvalue weighted by Gasteiger charge is -2.44. The summed E-state index contributed by atoms with van der Waals surface area (Å²) in [5.41, 5.74) is 18.2. The van der Waals surface area contributed by atoms with Crippen LogP contribution < -0.4 is 35.7 Å². The molecule has 4 aliphatic heterocycles. The molecule has 63 heavy (non-hydrogen) atoms. The Labute approximate surface area is 372 Å². The van der Waals surface area contributed by atoms with Crippen molar-refractivity contribution in [1.29, 1.82) is 0 Å². The predicted octanol–water partition coefficient (Wildman–Crippen LogP) is 11.9. The summed E-state index contributed by atoms with van der Waals surface area (Å²) in [5.74, 6) is 1.65. The molecule has 2 fully saturated rings. The summed E-state index contributed by atoms with van der Waals surface area (Å²) in [6.45, 7) is 18.0. The quantitative estimate of drug-likeness (QED) is 0.112. The molecule has 0 amide bonds. The summed E-state index contributed by atoms with van der Waals surface area (Å²) >= 11 is 0. The highest BCUT2D eigenvalue weighted by Crippen LogP contribution is 2.45. The third-order valence-corrected chi connectivity index (χ3v) is 13.2. The maximum Gasteiger partial charge on any atom is 0.252 e. The van der Waals surface area contributed by atoms with Crippen LogP contribution in [0.2, 0.25) is 0 Å². The lowest BCUT2D eigenvalue weighted by Crippen LogP contribution is -2.61. The van der Waals surface area contributed by atoms with Gasteiger partial charge >= 0.3 is 0 Å². The van der Waals surface area contributed by atoms with Crippen LogP contribution in [-0.2, 0) is 20.3 Å². The largest absolute Gasteiger partial charge is 0.462 e. The molecule has 0 saturated carbocycles. The van der Waals surface area contributed by atoms with Gasteiger partial charge < -0.3 is 28.7 Å². The van der Waals surface area contributed by atoms with E-state index in [0.29, 0.717) is 0 Å². The first kappa shape index (κ1) is 39.6. The molecule has 2 saturated heterocycles. The van der Waals surface area contributed by atoms with E-state index in [9.17, 15) is 0 Å². The van der Waals surface area contributed by atoms with Gasteiger partial charge in [0.25, 0.3) is 6.71 Å². The average molecular weight is 829 g/mol. The number of rotatable bonds is 8. The van der Waals surface area contributed by atoms with E-state index in [1.165, 1.54) is 50.3 Å². The second kappa shape index (κ2) is 14.7. The highest BCUT2D eigenvalue weighted by molar-refractivity contribution is 7.00. The van der Waals surface area contributed by atoms with Crippen LogP contribution in [0.5, 0.6) is 11.5 Å². The van der Waals surface area contributed by atoms with E-state index in [2.05, 4.69) is 179 Å². The maximum absolute atomic E-state index is 5.94. The van der Waals surface area contributed by atoms with Crippen molar-refractivity contribution in [2.24, 2.45) is 0 Å². The Balaban J connectivity index is 1.03. The lowest BCUT2D eigenvalue weighted by molar-refractivity contribution is 0.178. The summed E-state index contributed by atoms with van der Waals surface area (Å²) in [7, 11) is 0. The van der Waals surface area contributed by atoms with Gasteiger partial charge in [0, 0.05) is 34.1 Å². The molecule has 4 aliphatic rings. The molecule has 4 atom stereocenters. The van der Waals surface area contributed by atoms with Crippen molar-refractivity contribution in [2.75, 3.05) is 9.80 Å². The zero-order valence-corrected chi connectivity index (χ0v) is 37.3. The third-order valence-electron chi connectivity index (χ3n) is 13.2. The molecule has 6 nitrogen and oxygen atoms in total. The van der Waals surface area contributed by atoms with Gasteiger partial charge in [-0.2, -0.15) is 0 Å².